The number of alkyl carbamates (subject to hydrolysis) is 1. The van der Waals surface area contributed by atoms with Crippen molar-refractivity contribution in [1.82, 2.24) is 10.6 Å². The van der Waals surface area contributed by atoms with E-state index >= 15 is 0 Å². The second-order valence-corrected chi connectivity index (χ2v) is 5.35. The van der Waals surface area contributed by atoms with E-state index in [0.29, 0.717) is 13.1 Å². The van der Waals surface area contributed by atoms with Crippen molar-refractivity contribution in [1.29, 1.82) is 0 Å². The lowest BCUT2D eigenvalue weighted by Crippen LogP contribution is -2.34. The van der Waals surface area contributed by atoms with Crippen LogP contribution >= 0.6 is 0 Å². The fourth-order valence-electron chi connectivity index (χ4n) is 1.29. The van der Waals surface area contributed by atoms with Crippen molar-refractivity contribution < 1.29 is 14.3 Å². The van der Waals surface area contributed by atoms with Gasteiger partial charge in [0.15, 0.2) is 0 Å². The molecule has 5 nitrogen and oxygen atoms in total. The molecule has 0 atom stereocenters. The molecule has 1 saturated carbocycles. The molecule has 1 aliphatic rings. The first-order valence-corrected chi connectivity index (χ1v) is 6.13. The molecule has 0 spiro atoms. The minimum Gasteiger partial charge on any atom is -0.444 e. The summed E-state index contributed by atoms with van der Waals surface area (Å²) in [5.41, 5.74) is -0.468. The predicted molar refractivity (Wildman–Crippen MR) is 64.6 cm³/mol. The molecule has 1 aliphatic carbocycles. The van der Waals surface area contributed by atoms with Gasteiger partial charge in [0.25, 0.3) is 0 Å². The quantitative estimate of drug-likeness (QED) is 0.717. The molecule has 2 N–H and O–H groups in total. The molecule has 98 valence electrons. The topological polar surface area (TPSA) is 67.4 Å². The highest BCUT2D eigenvalue weighted by atomic mass is 16.6. The first kappa shape index (κ1) is 13.8. The fraction of sp³-hybridized carbons (Fsp3) is 0.833. The summed E-state index contributed by atoms with van der Waals surface area (Å²) in [4.78, 5) is 22.5. The lowest BCUT2D eigenvalue weighted by Gasteiger charge is -2.19. The zero-order valence-corrected chi connectivity index (χ0v) is 10.8. The van der Waals surface area contributed by atoms with E-state index in [1.807, 2.05) is 20.8 Å². The van der Waals surface area contributed by atoms with Gasteiger partial charge in [0.05, 0.1) is 0 Å². The second-order valence-electron chi connectivity index (χ2n) is 5.35. The molecule has 0 bridgehead atoms. The standard InChI is InChI=1S/C12H22N2O3/c1-12(2,3)17-11(16)14-8-4-7-13-10(15)9-5-6-9/h9H,4-8H2,1-3H3,(H,13,15)(H,14,16). The van der Waals surface area contributed by atoms with E-state index < -0.39 is 11.7 Å². The monoisotopic (exact) mass is 242 g/mol. The van der Waals surface area contributed by atoms with Crippen LogP contribution in [0.5, 0.6) is 0 Å². The van der Waals surface area contributed by atoms with Crippen molar-refractivity contribution in [2.75, 3.05) is 13.1 Å². The lowest BCUT2D eigenvalue weighted by atomic mass is 10.2. The van der Waals surface area contributed by atoms with Crippen molar-refractivity contribution in [2.45, 2.75) is 45.6 Å². The summed E-state index contributed by atoms with van der Waals surface area (Å²) in [6.07, 6.45) is 2.34. The molecule has 2 amide bonds. The molecule has 0 aromatic rings. The number of carbonyl (C=O) groups is 2. The van der Waals surface area contributed by atoms with Crippen LogP contribution in [0.1, 0.15) is 40.0 Å². The van der Waals surface area contributed by atoms with Crippen LogP contribution in [0.2, 0.25) is 0 Å². The molecule has 1 fully saturated rings. The van der Waals surface area contributed by atoms with Crippen LogP contribution in [0.25, 0.3) is 0 Å². The molecule has 0 aromatic carbocycles. The lowest BCUT2D eigenvalue weighted by molar-refractivity contribution is -0.122. The van der Waals surface area contributed by atoms with Crippen molar-refractivity contribution in [3.8, 4) is 0 Å². The molecule has 0 heterocycles. The van der Waals surface area contributed by atoms with Gasteiger partial charge in [-0.2, -0.15) is 0 Å². The summed E-state index contributed by atoms with van der Waals surface area (Å²) in [7, 11) is 0. The van der Waals surface area contributed by atoms with E-state index in [1.54, 1.807) is 0 Å². The molecular weight excluding hydrogens is 220 g/mol. The number of rotatable bonds is 5. The number of nitrogens with one attached hydrogen (secondary N) is 2. The maximum atomic E-state index is 11.3. The minimum atomic E-state index is -0.468. The Balaban J connectivity index is 1.96. The smallest absolute Gasteiger partial charge is 0.407 e. The number of hydrogen-bond acceptors (Lipinski definition) is 3. The van der Waals surface area contributed by atoms with Crippen molar-refractivity contribution in [3.05, 3.63) is 0 Å². The third-order valence-electron chi connectivity index (χ3n) is 2.27. The van der Waals surface area contributed by atoms with Crippen molar-refractivity contribution in [2.24, 2.45) is 5.92 Å². The molecule has 1 rings (SSSR count). The van der Waals surface area contributed by atoms with Gasteiger partial charge < -0.3 is 15.4 Å². The summed E-state index contributed by atoms with van der Waals surface area (Å²) >= 11 is 0. The van der Waals surface area contributed by atoms with Crippen LogP contribution in [0, 0.1) is 5.92 Å². The highest BCUT2D eigenvalue weighted by Gasteiger charge is 2.28. The average Bonchev–Trinajstić information content (AvgIpc) is 2.96. The second kappa shape index (κ2) is 5.89. The van der Waals surface area contributed by atoms with E-state index in [2.05, 4.69) is 10.6 Å². The predicted octanol–water partition coefficient (Wildman–Crippen LogP) is 1.43. The Morgan fingerprint density at radius 1 is 1.18 bits per heavy atom. The van der Waals surface area contributed by atoms with Gasteiger partial charge >= 0.3 is 6.09 Å². The number of hydrogen-bond donors (Lipinski definition) is 2. The van der Waals surface area contributed by atoms with Gasteiger partial charge in [-0.1, -0.05) is 0 Å². The van der Waals surface area contributed by atoms with Crippen molar-refractivity contribution >= 4 is 12.0 Å². The Morgan fingerprint density at radius 2 is 1.76 bits per heavy atom. The van der Waals surface area contributed by atoms with E-state index in [1.165, 1.54) is 0 Å². The Bertz CT molecular complexity index is 280. The SMILES string of the molecule is CC(C)(C)OC(=O)NCCCNC(=O)C1CC1. The summed E-state index contributed by atoms with van der Waals surface area (Å²) in [5.74, 6) is 0.385. The summed E-state index contributed by atoms with van der Waals surface area (Å²) in [5, 5.41) is 5.48. The van der Waals surface area contributed by atoms with Gasteiger partial charge in [0.2, 0.25) is 5.91 Å². The van der Waals surface area contributed by atoms with Crippen LogP contribution in [0.4, 0.5) is 4.79 Å². The third kappa shape index (κ3) is 6.81. The van der Waals surface area contributed by atoms with Crippen LogP contribution in [0.15, 0.2) is 0 Å². The van der Waals surface area contributed by atoms with Crippen LogP contribution in [0.3, 0.4) is 0 Å². The average molecular weight is 242 g/mol. The first-order valence-electron chi connectivity index (χ1n) is 6.13. The van der Waals surface area contributed by atoms with Gasteiger partial charge in [-0.3, -0.25) is 4.79 Å². The van der Waals surface area contributed by atoms with E-state index in [-0.39, 0.29) is 11.8 Å². The highest BCUT2D eigenvalue weighted by molar-refractivity contribution is 5.80. The van der Waals surface area contributed by atoms with E-state index in [0.717, 1.165) is 19.3 Å². The maximum Gasteiger partial charge on any atom is 0.407 e. The highest BCUT2D eigenvalue weighted by Crippen LogP contribution is 2.28. The minimum absolute atomic E-state index is 0.141. The van der Waals surface area contributed by atoms with Crippen molar-refractivity contribution in [3.63, 3.8) is 0 Å². The first-order chi connectivity index (χ1) is 7.88. The van der Waals surface area contributed by atoms with Crippen LogP contribution in [-0.2, 0) is 9.53 Å². The van der Waals surface area contributed by atoms with Crippen LogP contribution in [-0.4, -0.2) is 30.7 Å². The van der Waals surface area contributed by atoms with Gasteiger partial charge in [0.1, 0.15) is 5.60 Å². The van der Waals surface area contributed by atoms with Gasteiger partial charge in [-0.25, -0.2) is 4.79 Å². The fourth-order valence-corrected chi connectivity index (χ4v) is 1.29. The largest absolute Gasteiger partial charge is 0.444 e. The number of amides is 2. The molecule has 5 heteroatoms. The Labute approximate surface area is 102 Å². The molecule has 0 unspecified atom stereocenters. The van der Waals surface area contributed by atoms with E-state index in [4.69, 9.17) is 4.74 Å². The third-order valence-corrected chi connectivity index (χ3v) is 2.27. The van der Waals surface area contributed by atoms with Crippen LogP contribution < -0.4 is 10.6 Å². The summed E-state index contributed by atoms with van der Waals surface area (Å²) < 4.78 is 5.08. The Kier molecular flexibility index (Phi) is 4.78. The van der Waals surface area contributed by atoms with Gasteiger partial charge in [0, 0.05) is 19.0 Å². The van der Waals surface area contributed by atoms with Gasteiger partial charge in [-0.05, 0) is 40.0 Å². The molecule has 0 aromatic heterocycles. The molecular formula is C12H22N2O3. The summed E-state index contributed by atoms with van der Waals surface area (Å²) in [6, 6.07) is 0. The zero-order chi connectivity index (χ0) is 12.9. The molecule has 0 radical (unpaired) electrons. The zero-order valence-electron chi connectivity index (χ0n) is 10.8. The normalized spacial score (nSPS) is 15.2. The number of ether oxygens (including phenoxy) is 1. The molecule has 17 heavy (non-hydrogen) atoms. The van der Waals surface area contributed by atoms with Gasteiger partial charge in [-0.15, -0.1) is 0 Å². The molecule has 0 saturated heterocycles. The Hall–Kier alpha value is -1.26. The Morgan fingerprint density at radius 3 is 2.29 bits per heavy atom. The summed E-state index contributed by atoms with van der Waals surface area (Å²) in [6.45, 7) is 6.58. The number of carbonyl (C=O) groups excluding carboxylic acids is 2. The molecule has 0 aliphatic heterocycles. The van der Waals surface area contributed by atoms with E-state index in [9.17, 15) is 9.59 Å². The maximum absolute atomic E-state index is 11.3.